The van der Waals surface area contributed by atoms with Crippen molar-refractivity contribution in [3.8, 4) is 5.75 Å². The molecule has 2 nitrogen and oxygen atoms in total. The van der Waals surface area contributed by atoms with Crippen LogP contribution in [0.1, 0.15) is 5.56 Å². The first-order valence-corrected chi connectivity index (χ1v) is 3.52. The van der Waals surface area contributed by atoms with Gasteiger partial charge in [-0.3, -0.25) is 0 Å². The van der Waals surface area contributed by atoms with E-state index in [-0.39, 0.29) is 17.9 Å². The Morgan fingerprint density at radius 2 is 1.92 bits per heavy atom. The fourth-order valence-corrected chi connectivity index (χ4v) is 1.03. The van der Waals surface area contributed by atoms with Gasteiger partial charge in [0, 0.05) is 18.2 Å². The molecule has 0 radical (unpaired) electrons. The van der Waals surface area contributed by atoms with E-state index in [0.717, 1.165) is 7.11 Å². The first-order chi connectivity index (χ1) is 6.11. The number of ether oxygens (including phenoxy) is 1. The molecule has 0 aliphatic rings. The number of hydrogen-bond acceptors (Lipinski definition) is 2. The Morgan fingerprint density at radius 1 is 1.31 bits per heavy atom. The molecule has 0 bridgehead atoms. The summed E-state index contributed by atoms with van der Waals surface area (Å²) in [5.74, 6) is -3.73. The number of halogens is 3. The van der Waals surface area contributed by atoms with Crippen LogP contribution in [0.3, 0.4) is 0 Å². The largest absolute Gasteiger partial charge is 0.493 e. The maximum atomic E-state index is 12.9. The van der Waals surface area contributed by atoms with Crippen molar-refractivity contribution in [1.82, 2.24) is 0 Å². The Bertz CT molecular complexity index is 328. The van der Waals surface area contributed by atoms with E-state index < -0.39 is 17.5 Å². The summed E-state index contributed by atoms with van der Waals surface area (Å²) >= 11 is 0. The maximum Gasteiger partial charge on any atom is 0.168 e. The van der Waals surface area contributed by atoms with E-state index in [4.69, 9.17) is 5.73 Å². The average molecular weight is 191 g/mol. The highest BCUT2D eigenvalue weighted by molar-refractivity contribution is 5.36. The van der Waals surface area contributed by atoms with Crippen molar-refractivity contribution in [3.05, 3.63) is 29.1 Å². The van der Waals surface area contributed by atoms with Crippen LogP contribution in [0.4, 0.5) is 13.2 Å². The molecule has 0 atom stereocenters. The summed E-state index contributed by atoms with van der Waals surface area (Å²) in [7, 11) is 1.16. The molecule has 0 aliphatic carbocycles. The van der Waals surface area contributed by atoms with E-state index in [1.165, 1.54) is 0 Å². The van der Waals surface area contributed by atoms with Crippen LogP contribution in [0.2, 0.25) is 0 Å². The molecule has 2 N–H and O–H groups in total. The van der Waals surface area contributed by atoms with Crippen molar-refractivity contribution in [1.29, 1.82) is 0 Å². The number of methoxy groups -OCH3 is 1. The van der Waals surface area contributed by atoms with Gasteiger partial charge in [0.25, 0.3) is 0 Å². The second-order valence-electron chi connectivity index (χ2n) is 2.37. The van der Waals surface area contributed by atoms with E-state index in [0.29, 0.717) is 6.07 Å². The van der Waals surface area contributed by atoms with Crippen LogP contribution >= 0.6 is 0 Å². The molecule has 5 heteroatoms. The van der Waals surface area contributed by atoms with Gasteiger partial charge in [0.05, 0.1) is 7.11 Å². The third kappa shape index (κ3) is 1.60. The van der Waals surface area contributed by atoms with Crippen molar-refractivity contribution in [2.75, 3.05) is 7.11 Å². The monoisotopic (exact) mass is 191 g/mol. The highest BCUT2D eigenvalue weighted by atomic mass is 19.2. The fourth-order valence-electron chi connectivity index (χ4n) is 1.03. The topological polar surface area (TPSA) is 35.2 Å². The zero-order valence-corrected chi connectivity index (χ0v) is 6.90. The Labute approximate surface area is 73.1 Å². The van der Waals surface area contributed by atoms with Crippen LogP contribution in [0.5, 0.6) is 5.75 Å². The van der Waals surface area contributed by atoms with E-state index >= 15 is 0 Å². The Kier molecular flexibility index (Phi) is 2.77. The van der Waals surface area contributed by atoms with E-state index in [2.05, 4.69) is 4.74 Å². The normalized spacial score (nSPS) is 10.2. The smallest absolute Gasteiger partial charge is 0.168 e. The molecule has 1 aromatic rings. The molecule has 0 saturated heterocycles. The van der Waals surface area contributed by atoms with Crippen LogP contribution in [0, 0.1) is 17.5 Å². The van der Waals surface area contributed by atoms with Gasteiger partial charge in [0.15, 0.2) is 23.2 Å². The van der Waals surface area contributed by atoms with Crippen molar-refractivity contribution < 1.29 is 17.9 Å². The van der Waals surface area contributed by atoms with E-state index in [9.17, 15) is 13.2 Å². The summed E-state index contributed by atoms with van der Waals surface area (Å²) in [5.41, 5.74) is 4.82. The van der Waals surface area contributed by atoms with Gasteiger partial charge in [0.1, 0.15) is 0 Å². The minimum Gasteiger partial charge on any atom is -0.493 e. The summed E-state index contributed by atoms with van der Waals surface area (Å²) < 4.78 is 43.0. The molecule has 1 rings (SSSR count). The van der Waals surface area contributed by atoms with Gasteiger partial charge in [-0.05, 0) is 0 Å². The summed E-state index contributed by atoms with van der Waals surface area (Å²) in [6.07, 6.45) is 0. The number of nitrogens with two attached hydrogens (primary N) is 1. The predicted molar refractivity (Wildman–Crippen MR) is 40.8 cm³/mol. The highest BCUT2D eigenvalue weighted by Crippen LogP contribution is 2.26. The van der Waals surface area contributed by atoms with E-state index in [1.807, 2.05) is 0 Å². The van der Waals surface area contributed by atoms with Gasteiger partial charge in [-0.1, -0.05) is 0 Å². The van der Waals surface area contributed by atoms with Crippen LogP contribution in [0.25, 0.3) is 0 Å². The zero-order chi connectivity index (χ0) is 10.0. The lowest BCUT2D eigenvalue weighted by molar-refractivity contribution is 0.368. The van der Waals surface area contributed by atoms with Crippen LogP contribution in [0.15, 0.2) is 6.07 Å². The van der Waals surface area contributed by atoms with Gasteiger partial charge < -0.3 is 10.5 Å². The average Bonchev–Trinajstić information content (AvgIpc) is 2.10. The molecular formula is C8H8F3NO. The molecule has 0 heterocycles. The lowest BCUT2D eigenvalue weighted by Crippen LogP contribution is -2.06. The number of hydrogen-bond donors (Lipinski definition) is 1. The Balaban J connectivity index is 3.41. The summed E-state index contributed by atoms with van der Waals surface area (Å²) in [6.45, 7) is -0.316. The summed E-state index contributed by atoms with van der Waals surface area (Å²) in [5, 5.41) is 0. The van der Waals surface area contributed by atoms with Gasteiger partial charge in [-0.25, -0.2) is 13.2 Å². The zero-order valence-electron chi connectivity index (χ0n) is 6.90. The quantitative estimate of drug-likeness (QED) is 0.720. The van der Waals surface area contributed by atoms with Gasteiger partial charge in [-0.2, -0.15) is 0 Å². The third-order valence-electron chi connectivity index (χ3n) is 1.63. The van der Waals surface area contributed by atoms with Crippen LogP contribution in [-0.2, 0) is 6.54 Å². The van der Waals surface area contributed by atoms with Crippen LogP contribution in [-0.4, -0.2) is 7.11 Å². The molecule has 1 aromatic carbocycles. The second-order valence-corrected chi connectivity index (χ2v) is 2.37. The Morgan fingerprint density at radius 3 is 2.38 bits per heavy atom. The first kappa shape index (κ1) is 9.85. The maximum absolute atomic E-state index is 12.9. The number of rotatable bonds is 2. The molecule has 0 amide bonds. The van der Waals surface area contributed by atoms with Crippen molar-refractivity contribution >= 4 is 0 Å². The van der Waals surface area contributed by atoms with Gasteiger partial charge >= 0.3 is 0 Å². The standard InChI is InChI=1S/C8H8F3NO/c1-13-8-4(3-12)7(11)5(9)2-6(8)10/h2H,3,12H2,1H3. The molecule has 0 aliphatic heterocycles. The molecule has 0 aromatic heterocycles. The molecule has 0 fully saturated rings. The minimum absolute atomic E-state index is 0.292. The van der Waals surface area contributed by atoms with E-state index in [1.54, 1.807) is 0 Å². The van der Waals surface area contributed by atoms with Gasteiger partial charge in [-0.15, -0.1) is 0 Å². The van der Waals surface area contributed by atoms with Gasteiger partial charge in [0.2, 0.25) is 0 Å². The molecular weight excluding hydrogens is 183 g/mol. The predicted octanol–water partition coefficient (Wildman–Crippen LogP) is 1.57. The van der Waals surface area contributed by atoms with Crippen molar-refractivity contribution in [3.63, 3.8) is 0 Å². The minimum atomic E-state index is -1.27. The molecule has 0 unspecified atom stereocenters. The van der Waals surface area contributed by atoms with Crippen LogP contribution < -0.4 is 10.5 Å². The second kappa shape index (κ2) is 3.66. The third-order valence-corrected chi connectivity index (χ3v) is 1.63. The summed E-state index contributed by atoms with van der Waals surface area (Å²) in [4.78, 5) is 0. The SMILES string of the molecule is COc1c(F)cc(F)c(F)c1CN. The van der Waals surface area contributed by atoms with Crippen molar-refractivity contribution in [2.45, 2.75) is 6.54 Å². The lowest BCUT2D eigenvalue weighted by atomic mass is 10.1. The molecule has 13 heavy (non-hydrogen) atoms. The Hall–Kier alpha value is -1.23. The number of benzene rings is 1. The molecule has 0 saturated carbocycles. The highest BCUT2D eigenvalue weighted by Gasteiger charge is 2.17. The lowest BCUT2D eigenvalue weighted by Gasteiger charge is -2.08. The fraction of sp³-hybridized carbons (Fsp3) is 0.250. The first-order valence-electron chi connectivity index (χ1n) is 3.52. The molecule has 0 spiro atoms. The van der Waals surface area contributed by atoms with Crippen molar-refractivity contribution in [2.24, 2.45) is 5.73 Å². The summed E-state index contributed by atoms with van der Waals surface area (Å²) in [6, 6.07) is 0.424. The molecule has 72 valence electrons.